The number of aromatic nitrogens is 1. The van der Waals surface area contributed by atoms with E-state index < -0.39 is 0 Å². The van der Waals surface area contributed by atoms with Gasteiger partial charge in [-0.05, 0) is 38.5 Å². The molecule has 0 aliphatic carbocycles. The number of hydrogen-bond donors (Lipinski definition) is 1. The van der Waals surface area contributed by atoms with Crippen LogP contribution in [0.2, 0.25) is 0 Å². The van der Waals surface area contributed by atoms with Crippen LogP contribution in [0.15, 0.2) is 35.1 Å². The van der Waals surface area contributed by atoms with E-state index in [9.17, 15) is 9.59 Å². The molecule has 20 heavy (non-hydrogen) atoms. The third kappa shape index (κ3) is 2.79. The standard InChI is InChI=1S/C16H17NO3/c1-4-20-16(19)13-7-5-12(6-8-13)15-11(3)17-10(2)9-14(15)18/h5-9H,4H2,1-3H3,(H,17,18). The number of esters is 1. The molecule has 0 aliphatic heterocycles. The van der Waals surface area contributed by atoms with E-state index in [0.717, 1.165) is 17.0 Å². The van der Waals surface area contributed by atoms with Gasteiger partial charge in [-0.2, -0.15) is 0 Å². The second kappa shape index (κ2) is 5.74. The third-order valence-corrected chi connectivity index (χ3v) is 3.04. The first-order valence-corrected chi connectivity index (χ1v) is 6.51. The Kier molecular flexibility index (Phi) is 4.03. The molecular formula is C16H17NO3. The van der Waals surface area contributed by atoms with Crippen LogP contribution < -0.4 is 5.43 Å². The Hall–Kier alpha value is -2.36. The van der Waals surface area contributed by atoms with E-state index in [1.807, 2.05) is 13.8 Å². The van der Waals surface area contributed by atoms with Gasteiger partial charge in [-0.3, -0.25) is 4.79 Å². The van der Waals surface area contributed by atoms with Crippen LogP contribution in [0.3, 0.4) is 0 Å². The first kappa shape index (κ1) is 14.1. The highest BCUT2D eigenvalue weighted by Crippen LogP contribution is 2.19. The topological polar surface area (TPSA) is 59.2 Å². The van der Waals surface area contributed by atoms with Gasteiger partial charge >= 0.3 is 5.97 Å². The molecule has 0 saturated carbocycles. The largest absolute Gasteiger partial charge is 0.462 e. The number of carbonyl (C=O) groups excluding carboxylic acids is 1. The highest BCUT2D eigenvalue weighted by molar-refractivity contribution is 5.90. The van der Waals surface area contributed by atoms with Crippen LogP contribution >= 0.6 is 0 Å². The Bertz CT molecular complexity index is 684. The van der Waals surface area contributed by atoms with E-state index >= 15 is 0 Å². The molecule has 0 aliphatic rings. The summed E-state index contributed by atoms with van der Waals surface area (Å²) in [5.74, 6) is -0.353. The van der Waals surface area contributed by atoms with Crippen molar-refractivity contribution < 1.29 is 9.53 Å². The molecule has 1 aromatic carbocycles. The fraction of sp³-hybridized carbons (Fsp3) is 0.250. The van der Waals surface area contributed by atoms with E-state index in [1.54, 1.807) is 37.3 Å². The minimum absolute atomic E-state index is 0.0253. The maximum atomic E-state index is 12.1. The van der Waals surface area contributed by atoms with Gasteiger partial charge in [-0.25, -0.2) is 4.79 Å². The lowest BCUT2D eigenvalue weighted by molar-refractivity contribution is 0.0526. The Balaban J connectivity index is 2.41. The number of benzene rings is 1. The van der Waals surface area contributed by atoms with Crippen molar-refractivity contribution in [2.75, 3.05) is 6.61 Å². The number of carbonyl (C=O) groups is 1. The molecule has 1 N–H and O–H groups in total. The number of pyridine rings is 1. The van der Waals surface area contributed by atoms with Crippen LogP contribution in [0.25, 0.3) is 11.1 Å². The van der Waals surface area contributed by atoms with Gasteiger partial charge in [-0.1, -0.05) is 12.1 Å². The first-order valence-electron chi connectivity index (χ1n) is 6.51. The summed E-state index contributed by atoms with van der Waals surface area (Å²) in [5.41, 5.74) is 3.53. The summed E-state index contributed by atoms with van der Waals surface area (Å²) in [6.45, 7) is 5.82. The van der Waals surface area contributed by atoms with Crippen molar-refractivity contribution in [2.24, 2.45) is 0 Å². The first-order chi connectivity index (χ1) is 9.52. The summed E-state index contributed by atoms with van der Waals surface area (Å²) in [5, 5.41) is 0. The molecule has 0 radical (unpaired) electrons. The van der Waals surface area contributed by atoms with E-state index in [-0.39, 0.29) is 11.4 Å². The van der Waals surface area contributed by atoms with Crippen molar-refractivity contribution >= 4 is 5.97 Å². The van der Waals surface area contributed by atoms with Crippen molar-refractivity contribution in [3.8, 4) is 11.1 Å². The van der Waals surface area contributed by atoms with Gasteiger partial charge in [0.15, 0.2) is 5.43 Å². The van der Waals surface area contributed by atoms with Gasteiger partial charge in [0.1, 0.15) is 0 Å². The summed E-state index contributed by atoms with van der Waals surface area (Å²) in [7, 11) is 0. The van der Waals surface area contributed by atoms with Crippen molar-refractivity contribution in [1.82, 2.24) is 4.98 Å². The van der Waals surface area contributed by atoms with Crippen LogP contribution in [-0.2, 0) is 4.74 Å². The molecule has 0 unspecified atom stereocenters. The maximum absolute atomic E-state index is 12.1. The van der Waals surface area contributed by atoms with Gasteiger partial charge in [0.25, 0.3) is 0 Å². The predicted molar refractivity (Wildman–Crippen MR) is 77.9 cm³/mol. The van der Waals surface area contributed by atoms with Gasteiger partial charge in [-0.15, -0.1) is 0 Å². The molecule has 2 rings (SSSR count). The van der Waals surface area contributed by atoms with Crippen molar-refractivity contribution in [3.05, 3.63) is 57.5 Å². The van der Waals surface area contributed by atoms with Crippen molar-refractivity contribution in [3.63, 3.8) is 0 Å². The Morgan fingerprint density at radius 2 is 1.85 bits per heavy atom. The van der Waals surface area contributed by atoms with E-state index in [4.69, 9.17) is 4.74 Å². The second-order valence-electron chi connectivity index (χ2n) is 4.61. The number of rotatable bonds is 3. The van der Waals surface area contributed by atoms with E-state index in [1.165, 1.54) is 0 Å². The Labute approximate surface area is 117 Å². The van der Waals surface area contributed by atoms with Crippen LogP contribution in [0.1, 0.15) is 28.7 Å². The second-order valence-corrected chi connectivity index (χ2v) is 4.61. The molecule has 0 bridgehead atoms. The average Bonchev–Trinajstić information content (AvgIpc) is 2.38. The fourth-order valence-corrected chi connectivity index (χ4v) is 2.19. The average molecular weight is 271 g/mol. The van der Waals surface area contributed by atoms with E-state index in [0.29, 0.717) is 17.7 Å². The fourth-order valence-electron chi connectivity index (χ4n) is 2.19. The Morgan fingerprint density at radius 3 is 2.40 bits per heavy atom. The number of aryl methyl sites for hydroxylation is 2. The number of aromatic amines is 1. The van der Waals surface area contributed by atoms with Gasteiger partial charge in [0.05, 0.1) is 12.2 Å². The lowest BCUT2D eigenvalue weighted by atomic mass is 10.0. The number of ether oxygens (including phenoxy) is 1. The normalized spacial score (nSPS) is 10.3. The van der Waals surface area contributed by atoms with Crippen LogP contribution in [0.5, 0.6) is 0 Å². The molecule has 0 fully saturated rings. The summed E-state index contributed by atoms with van der Waals surface area (Å²) in [6.07, 6.45) is 0. The quantitative estimate of drug-likeness (QED) is 0.873. The van der Waals surface area contributed by atoms with Gasteiger partial charge in [0.2, 0.25) is 0 Å². The van der Waals surface area contributed by atoms with Gasteiger partial charge in [0, 0.05) is 23.0 Å². The minimum atomic E-state index is -0.353. The van der Waals surface area contributed by atoms with Crippen molar-refractivity contribution in [2.45, 2.75) is 20.8 Å². The molecule has 0 spiro atoms. The molecule has 1 aromatic heterocycles. The highest BCUT2D eigenvalue weighted by Gasteiger charge is 2.10. The third-order valence-electron chi connectivity index (χ3n) is 3.04. The molecule has 4 heteroatoms. The molecule has 0 amide bonds. The molecule has 2 aromatic rings. The summed E-state index contributed by atoms with van der Waals surface area (Å²) in [6, 6.07) is 8.44. The molecular weight excluding hydrogens is 254 g/mol. The molecule has 0 atom stereocenters. The van der Waals surface area contributed by atoms with E-state index in [2.05, 4.69) is 4.98 Å². The summed E-state index contributed by atoms with van der Waals surface area (Å²) >= 11 is 0. The zero-order valence-electron chi connectivity index (χ0n) is 11.8. The van der Waals surface area contributed by atoms with Gasteiger partial charge < -0.3 is 9.72 Å². The summed E-state index contributed by atoms with van der Waals surface area (Å²) in [4.78, 5) is 26.8. The molecule has 104 valence electrons. The smallest absolute Gasteiger partial charge is 0.338 e. The SMILES string of the molecule is CCOC(=O)c1ccc(-c2c(C)[nH]c(C)cc2=O)cc1. The van der Waals surface area contributed by atoms with Crippen LogP contribution in [-0.4, -0.2) is 17.6 Å². The number of hydrogen-bond acceptors (Lipinski definition) is 3. The highest BCUT2D eigenvalue weighted by atomic mass is 16.5. The molecule has 1 heterocycles. The zero-order valence-corrected chi connectivity index (χ0v) is 11.8. The molecule has 4 nitrogen and oxygen atoms in total. The minimum Gasteiger partial charge on any atom is -0.462 e. The monoisotopic (exact) mass is 271 g/mol. The number of nitrogens with one attached hydrogen (secondary N) is 1. The lowest BCUT2D eigenvalue weighted by Crippen LogP contribution is -2.09. The zero-order chi connectivity index (χ0) is 14.7. The van der Waals surface area contributed by atoms with Crippen LogP contribution in [0, 0.1) is 13.8 Å². The van der Waals surface area contributed by atoms with Crippen molar-refractivity contribution in [1.29, 1.82) is 0 Å². The van der Waals surface area contributed by atoms with Crippen LogP contribution in [0.4, 0.5) is 0 Å². The molecule has 0 saturated heterocycles. The Morgan fingerprint density at radius 1 is 1.20 bits per heavy atom. The number of H-pyrrole nitrogens is 1. The predicted octanol–water partition coefficient (Wildman–Crippen LogP) is 2.84. The lowest BCUT2D eigenvalue weighted by Gasteiger charge is -2.07. The maximum Gasteiger partial charge on any atom is 0.338 e. The summed E-state index contributed by atoms with van der Waals surface area (Å²) < 4.78 is 4.93.